The molecule has 2 N–H and O–H groups in total. The highest BCUT2D eigenvalue weighted by atomic mass is 16.5. The number of anilines is 1. The molecule has 2 aromatic carbocycles. The zero-order valence-corrected chi connectivity index (χ0v) is 15.0. The average molecular weight is 349 g/mol. The minimum atomic E-state index is 0.201. The number of hydrogen-bond donors (Lipinski definition) is 2. The Bertz CT molecular complexity index is 1010. The molecule has 0 aliphatic carbocycles. The predicted octanol–water partition coefficient (Wildman–Crippen LogP) is 2.78. The Balaban J connectivity index is 1.78. The molecule has 1 aliphatic heterocycles. The molecule has 3 aromatic rings. The Morgan fingerprint density at radius 2 is 1.81 bits per heavy atom. The maximum Gasteiger partial charge on any atom is 0.296 e. The number of aryl methyl sites for hydroxylation is 2. The first kappa shape index (κ1) is 16.2. The monoisotopic (exact) mass is 349 g/mol. The van der Waals surface area contributed by atoms with Gasteiger partial charge < -0.3 is 14.7 Å². The molecule has 132 valence electrons. The highest BCUT2D eigenvalue weighted by molar-refractivity contribution is 6.30. The van der Waals surface area contributed by atoms with Crippen molar-refractivity contribution in [3.8, 4) is 5.75 Å². The number of aliphatic hydroxyl groups is 1. The number of amidine groups is 1. The van der Waals surface area contributed by atoms with E-state index in [9.17, 15) is 5.11 Å². The van der Waals surface area contributed by atoms with Gasteiger partial charge in [0.05, 0.1) is 27.7 Å². The van der Waals surface area contributed by atoms with Crippen LogP contribution in [0.15, 0.2) is 54.3 Å². The van der Waals surface area contributed by atoms with E-state index in [1.54, 1.807) is 12.0 Å². The zero-order chi connectivity index (χ0) is 18.4. The molecule has 1 aliphatic rings. The standard InChI is InChI=1S/C20H20N4O2/c1-22-15-6-4-5-7-16(15)23(2)20(22)18-17(25)12-24(19(18)21)13-8-10-14(26-3)11-9-13/h4-11,21H,12H2,1-3H3/p+1. The number of fused-ring (bicyclic) bond motifs is 1. The van der Waals surface area contributed by atoms with E-state index in [1.165, 1.54) is 0 Å². The second-order valence-electron chi connectivity index (χ2n) is 6.38. The number of rotatable bonds is 3. The van der Waals surface area contributed by atoms with Gasteiger partial charge in [0, 0.05) is 5.69 Å². The lowest BCUT2D eigenvalue weighted by Crippen LogP contribution is -2.35. The van der Waals surface area contributed by atoms with Gasteiger partial charge in [-0.25, -0.2) is 9.13 Å². The van der Waals surface area contributed by atoms with Gasteiger partial charge >= 0.3 is 0 Å². The summed E-state index contributed by atoms with van der Waals surface area (Å²) in [6.07, 6.45) is 0. The summed E-state index contributed by atoms with van der Waals surface area (Å²) in [6.45, 7) is 0.280. The van der Waals surface area contributed by atoms with Crippen LogP contribution in [-0.2, 0) is 14.1 Å². The molecule has 0 atom stereocenters. The van der Waals surface area contributed by atoms with E-state index in [0.717, 1.165) is 28.3 Å². The van der Waals surface area contributed by atoms with Crippen LogP contribution in [-0.4, -0.2) is 29.2 Å². The summed E-state index contributed by atoms with van der Waals surface area (Å²) in [5.41, 5.74) is 3.52. The summed E-state index contributed by atoms with van der Waals surface area (Å²) in [4.78, 5) is 1.79. The highest BCUT2D eigenvalue weighted by Crippen LogP contribution is 2.31. The van der Waals surface area contributed by atoms with Crippen LogP contribution in [0.1, 0.15) is 5.82 Å². The molecule has 0 saturated heterocycles. The minimum Gasteiger partial charge on any atom is -0.509 e. The zero-order valence-electron chi connectivity index (χ0n) is 15.0. The average Bonchev–Trinajstić information content (AvgIpc) is 3.09. The van der Waals surface area contributed by atoms with Crippen molar-refractivity contribution in [3.05, 3.63) is 60.1 Å². The number of nitrogens with zero attached hydrogens (tertiary/aromatic N) is 3. The van der Waals surface area contributed by atoms with E-state index in [2.05, 4.69) is 0 Å². The molecule has 0 saturated carbocycles. The largest absolute Gasteiger partial charge is 0.509 e. The van der Waals surface area contributed by atoms with Crippen LogP contribution in [0.3, 0.4) is 0 Å². The smallest absolute Gasteiger partial charge is 0.296 e. The van der Waals surface area contributed by atoms with Crippen LogP contribution in [0.4, 0.5) is 5.69 Å². The number of methoxy groups -OCH3 is 1. The third-order valence-electron chi connectivity index (χ3n) is 4.95. The summed E-state index contributed by atoms with van der Waals surface area (Å²) in [5, 5.41) is 19.3. The third kappa shape index (κ3) is 2.26. The fourth-order valence-corrected chi connectivity index (χ4v) is 3.62. The number of benzene rings is 2. The molecule has 1 aromatic heterocycles. The number of hydrogen-bond acceptors (Lipinski definition) is 3. The first-order valence-corrected chi connectivity index (χ1v) is 8.39. The molecular weight excluding hydrogens is 328 g/mol. The van der Waals surface area contributed by atoms with Gasteiger partial charge in [-0.15, -0.1) is 0 Å². The molecule has 26 heavy (non-hydrogen) atoms. The molecule has 6 heteroatoms. The lowest BCUT2D eigenvalue weighted by molar-refractivity contribution is -0.648. The second kappa shape index (κ2) is 5.91. The van der Waals surface area contributed by atoms with Gasteiger partial charge in [0.1, 0.15) is 22.9 Å². The van der Waals surface area contributed by atoms with Crippen molar-refractivity contribution in [2.75, 3.05) is 18.6 Å². The van der Waals surface area contributed by atoms with Crippen LogP contribution in [0.5, 0.6) is 5.75 Å². The lowest BCUT2D eigenvalue weighted by atomic mass is 10.2. The Kier molecular flexibility index (Phi) is 3.68. The van der Waals surface area contributed by atoms with Gasteiger partial charge in [-0.3, -0.25) is 5.41 Å². The van der Waals surface area contributed by atoms with E-state index in [-0.39, 0.29) is 18.1 Å². The molecular formula is C20H21N4O2+. The Hall–Kier alpha value is -3.28. The predicted molar refractivity (Wildman–Crippen MR) is 102 cm³/mol. The van der Waals surface area contributed by atoms with Gasteiger partial charge in [0.2, 0.25) is 0 Å². The first-order chi connectivity index (χ1) is 12.5. The lowest BCUT2D eigenvalue weighted by Gasteiger charge is -2.18. The SMILES string of the molecule is COc1ccc(N2CC(O)=C(c3n(C)c4ccccc4[n+]3C)C2=N)cc1. The molecule has 0 amide bonds. The van der Waals surface area contributed by atoms with Crippen molar-refractivity contribution < 1.29 is 14.4 Å². The number of nitrogens with one attached hydrogen (secondary N) is 1. The van der Waals surface area contributed by atoms with E-state index in [0.29, 0.717) is 5.57 Å². The number of para-hydroxylation sites is 2. The van der Waals surface area contributed by atoms with Crippen LogP contribution in [0.25, 0.3) is 16.6 Å². The summed E-state index contributed by atoms with van der Waals surface area (Å²) >= 11 is 0. The summed E-state index contributed by atoms with van der Waals surface area (Å²) in [7, 11) is 5.54. The topological polar surface area (TPSA) is 65.4 Å². The van der Waals surface area contributed by atoms with Gasteiger partial charge in [-0.2, -0.15) is 0 Å². The van der Waals surface area contributed by atoms with Crippen molar-refractivity contribution in [3.63, 3.8) is 0 Å². The summed E-state index contributed by atoms with van der Waals surface area (Å²) in [6, 6.07) is 15.6. The molecule has 0 unspecified atom stereocenters. The van der Waals surface area contributed by atoms with Crippen molar-refractivity contribution >= 4 is 28.1 Å². The van der Waals surface area contributed by atoms with Crippen molar-refractivity contribution in [2.24, 2.45) is 14.1 Å². The second-order valence-corrected chi connectivity index (χ2v) is 6.38. The first-order valence-electron chi connectivity index (χ1n) is 8.39. The summed E-state index contributed by atoms with van der Waals surface area (Å²) in [5.74, 6) is 2.06. The van der Waals surface area contributed by atoms with Crippen molar-refractivity contribution in [1.82, 2.24) is 4.57 Å². The summed E-state index contributed by atoms with van der Waals surface area (Å²) < 4.78 is 9.24. The molecule has 2 heterocycles. The molecule has 0 fully saturated rings. The van der Waals surface area contributed by atoms with Gasteiger partial charge in [-0.05, 0) is 36.4 Å². The molecule has 6 nitrogen and oxygen atoms in total. The van der Waals surface area contributed by atoms with Gasteiger partial charge in [-0.1, -0.05) is 12.1 Å². The van der Waals surface area contributed by atoms with Crippen LogP contribution in [0.2, 0.25) is 0 Å². The molecule has 0 bridgehead atoms. The quantitative estimate of drug-likeness (QED) is 0.715. The Labute approximate surface area is 151 Å². The Morgan fingerprint density at radius 1 is 1.12 bits per heavy atom. The van der Waals surface area contributed by atoms with Crippen molar-refractivity contribution in [1.29, 1.82) is 5.41 Å². The van der Waals surface area contributed by atoms with Crippen molar-refractivity contribution in [2.45, 2.75) is 0 Å². The highest BCUT2D eigenvalue weighted by Gasteiger charge is 2.37. The van der Waals surface area contributed by atoms with Gasteiger partial charge in [0.25, 0.3) is 5.82 Å². The van der Waals surface area contributed by atoms with E-state index in [4.69, 9.17) is 10.1 Å². The van der Waals surface area contributed by atoms with Crippen LogP contribution >= 0.6 is 0 Å². The normalized spacial score (nSPS) is 14.6. The maximum absolute atomic E-state index is 10.7. The van der Waals surface area contributed by atoms with E-state index >= 15 is 0 Å². The Morgan fingerprint density at radius 3 is 2.46 bits per heavy atom. The number of ether oxygens (including phenoxy) is 1. The maximum atomic E-state index is 10.7. The number of aliphatic hydroxyl groups excluding tert-OH is 1. The molecule has 4 rings (SSSR count). The fraction of sp³-hybridized carbons (Fsp3) is 0.200. The fourth-order valence-electron chi connectivity index (χ4n) is 3.62. The molecule has 0 radical (unpaired) electrons. The van der Waals surface area contributed by atoms with E-state index < -0.39 is 0 Å². The number of aromatic nitrogens is 2. The van der Waals surface area contributed by atoms with Crippen LogP contribution < -0.4 is 14.2 Å². The minimum absolute atomic E-state index is 0.201. The number of imidazole rings is 1. The third-order valence-corrected chi connectivity index (χ3v) is 4.95. The van der Waals surface area contributed by atoms with Gasteiger partial charge in [0.15, 0.2) is 11.0 Å². The van der Waals surface area contributed by atoms with Crippen LogP contribution in [0, 0.1) is 5.41 Å². The molecule has 0 spiro atoms. The van der Waals surface area contributed by atoms with E-state index in [1.807, 2.05) is 71.8 Å².